The van der Waals surface area contributed by atoms with Crippen LogP contribution >= 0.6 is 0 Å². The van der Waals surface area contributed by atoms with Gasteiger partial charge in [-0.05, 0) is 12.5 Å². The van der Waals surface area contributed by atoms with Crippen LogP contribution < -0.4 is 9.47 Å². The maximum atomic E-state index is 11.1. The van der Waals surface area contributed by atoms with Gasteiger partial charge in [-0.25, -0.2) is 0 Å². The highest BCUT2D eigenvalue weighted by molar-refractivity contribution is 5.02. The number of nitrogens with zero attached hydrogens (tertiary/aromatic N) is 1. The normalized spacial score (nSPS) is 10.1. The SMILES string of the molecule is CCCCCCOc1cccc[n+]1[O-]. The van der Waals surface area contributed by atoms with Crippen LogP contribution in [0.15, 0.2) is 24.4 Å². The minimum Gasteiger partial charge on any atom is -0.616 e. The number of rotatable bonds is 6. The zero-order valence-corrected chi connectivity index (χ0v) is 8.61. The first kappa shape index (κ1) is 10.8. The molecule has 0 amide bonds. The van der Waals surface area contributed by atoms with E-state index >= 15 is 0 Å². The average molecular weight is 195 g/mol. The van der Waals surface area contributed by atoms with Gasteiger partial charge in [0.2, 0.25) is 0 Å². The maximum absolute atomic E-state index is 11.1. The van der Waals surface area contributed by atoms with Gasteiger partial charge in [-0.2, -0.15) is 0 Å². The Hall–Kier alpha value is -1.25. The highest BCUT2D eigenvalue weighted by Crippen LogP contribution is 2.04. The van der Waals surface area contributed by atoms with Gasteiger partial charge in [-0.1, -0.05) is 26.2 Å². The molecule has 14 heavy (non-hydrogen) atoms. The van der Waals surface area contributed by atoms with Gasteiger partial charge in [0, 0.05) is 6.07 Å². The number of pyridine rings is 1. The lowest BCUT2D eigenvalue weighted by atomic mass is 10.2. The number of ether oxygens (including phenoxy) is 1. The first-order valence-corrected chi connectivity index (χ1v) is 5.15. The van der Waals surface area contributed by atoms with E-state index in [2.05, 4.69) is 6.92 Å². The lowest BCUT2D eigenvalue weighted by Gasteiger charge is -2.05. The predicted molar refractivity (Wildman–Crippen MR) is 55.0 cm³/mol. The Morgan fingerprint density at radius 1 is 1.29 bits per heavy atom. The molecule has 1 aromatic heterocycles. The van der Waals surface area contributed by atoms with Crippen LogP contribution in [0.2, 0.25) is 0 Å². The standard InChI is InChI=1S/C11H17NO2/c1-2-3-4-7-10-14-11-8-5-6-9-12(11)13/h5-6,8-9H,2-4,7,10H2,1H3. The summed E-state index contributed by atoms with van der Waals surface area (Å²) in [7, 11) is 0. The fourth-order valence-electron chi connectivity index (χ4n) is 1.23. The predicted octanol–water partition coefficient (Wildman–Crippen LogP) is 2.28. The molecule has 0 atom stereocenters. The molecule has 3 nitrogen and oxygen atoms in total. The van der Waals surface area contributed by atoms with Gasteiger partial charge in [-0.3, -0.25) is 0 Å². The van der Waals surface area contributed by atoms with Crippen molar-refractivity contribution in [2.45, 2.75) is 32.6 Å². The van der Waals surface area contributed by atoms with Crippen molar-refractivity contribution in [1.82, 2.24) is 0 Å². The van der Waals surface area contributed by atoms with Crippen molar-refractivity contribution in [2.24, 2.45) is 0 Å². The molecule has 0 fully saturated rings. The summed E-state index contributed by atoms with van der Waals surface area (Å²) in [5.41, 5.74) is 0. The summed E-state index contributed by atoms with van der Waals surface area (Å²) in [6.07, 6.45) is 6.08. The van der Waals surface area contributed by atoms with Crippen molar-refractivity contribution in [3.8, 4) is 5.88 Å². The molecule has 0 unspecified atom stereocenters. The summed E-state index contributed by atoms with van der Waals surface area (Å²) >= 11 is 0. The van der Waals surface area contributed by atoms with E-state index in [0.29, 0.717) is 12.5 Å². The van der Waals surface area contributed by atoms with Crippen molar-refractivity contribution >= 4 is 0 Å². The summed E-state index contributed by atoms with van der Waals surface area (Å²) in [4.78, 5) is 0. The third-order valence-electron chi connectivity index (χ3n) is 2.04. The van der Waals surface area contributed by atoms with E-state index < -0.39 is 0 Å². The second-order valence-corrected chi connectivity index (χ2v) is 3.27. The van der Waals surface area contributed by atoms with E-state index in [1.165, 1.54) is 25.5 Å². The van der Waals surface area contributed by atoms with Gasteiger partial charge >= 0.3 is 5.88 Å². The quantitative estimate of drug-likeness (QED) is 0.396. The Bertz CT molecular complexity index is 263. The van der Waals surface area contributed by atoms with Gasteiger partial charge in [0.15, 0.2) is 6.20 Å². The van der Waals surface area contributed by atoms with Gasteiger partial charge < -0.3 is 9.94 Å². The molecule has 0 saturated carbocycles. The Labute approximate surface area is 84.9 Å². The molecule has 0 bridgehead atoms. The highest BCUT2D eigenvalue weighted by atomic mass is 16.5. The molecule has 0 aliphatic heterocycles. The summed E-state index contributed by atoms with van der Waals surface area (Å²) in [6.45, 7) is 2.80. The second kappa shape index (κ2) is 6.24. The summed E-state index contributed by atoms with van der Waals surface area (Å²) < 4.78 is 6.08. The Morgan fingerprint density at radius 2 is 2.14 bits per heavy atom. The van der Waals surface area contributed by atoms with Crippen LogP contribution in [0.4, 0.5) is 0 Å². The molecular formula is C11H17NO2. The Balaban J connectivity index is 2.21. The monoisotopic (exact) mass is 195 g/mol. The van der Waals surface area contributed by atoms with Crippen molar-refractivity contribution in [3.05, 3.63) is 29.6 Å². The zero-order valence-electron chi connectivity index (χ0n) is 8.61. The van der Waals surface area contributed by atoms with Crippen LogP contribution in [0.1, 0.15) is 32.6 Å². The number of unbranched alkanes of at least 4 members (excludes halogenated alkanes) is 3. The van der Waals surface area contributed by atoms with Gasteiger partial charge in [0.25, 0.3) is 0 Å². The van der Waals surface area contributed by atoms with Crippen molar-refractivity contribution in [1.29, 1.82) is 0 Å². The third-order valence-corrected chi connectivity index (χ3v) is 2.04. The van der Waals surface area contributed by atoms with Gasteiger partial charge in [0.05, 0.1) is 12.7 Å². The summed E-state index contributed by atoms with van der Waals surface area (Å²) in [6, 6.07) is 5.18. The van der Waals surface area contributed by atoms with Gasteiger partial charge in [-0.15, -0.1) is 4.73 Å². The van der Waals surface area contributed by atoms with E-state index in [-0.39, 0.29) is 0 Å². The molecule has 0 radical (unpaired) electrons. The van der Waals surface area contributed by atoms with Gasteiger partial charge in [0.1, 0.15) is 0 Å². The van der Waals surface area contributed by atoms with E-state index in [9.17, 15) is 5.21 Å². The number of hydrogen-bond donors (Lipinski definition) is 0. The fourth-order valence-corrected chi connectivity index (χ4v) is 1.23. The van der Waals surface area contributed by atoms with Crippen LogP contribution in [0.25, 0.3) is 0 Å². The van der Waals surface area contributed by atoms with E-state index in [1.54, 1.807) is 18.2 Å². The number of aromatic nitrogens is 1. The minimum atomic E-state index is 0.393. The van der Waals surface area contributed by atoms with Crippen molar-refractivity contribution < 1.29 is 9.47 Å². The summed E-state index contributed by atoms with van der Waals surface area (Å²) in [5.74, 6) is 0.393. The van der Waals surface area contributed by atoms with Crippen LogP contribution in [0.3, 0.4) is 0 Å². The molecule has 1 heterocycles. The van der Waals surface area contributed by atoms with Crippen molar-refractivity contribution in [2.75, 3.05) is 6.61 Å². The first-order chi connectivity index (χ1) is 6.84. The average Bonchev–Trinajstić information content (AvgIpc) is 2.20. The smallest absolute Gasteiger partial charge is 0.379 e. The Kier molecular flexibility index (Phi) is 4.83. The molecule has 78 valence electrons. The Morgan fingerprint density at radius 3 is 2.86 bits per heavy atom. The molecule has 1 rings (SSSR count). The highest BCUT2D eigenvalue weighted by Gasteiger charge is 2.02. The lowest BCUT2D eigenvalue weighted by molar-refractivity contribution is -0.612. The van der Waals surface area contributed by atoms with Crippen LogP contribution in [-0.2, 0) is 0 Å². The molecule has 3 heteroatoms. The molecule has 0 aliphatic carbocycles. The lowest BCUT2D eigenvalue weighted by Crippen LogP contribution is -2.28. The second-order valence-electron chi connectivity index (χ2n) is 3.27. The molecule has 0 N–H and O–H groups in total. The molecule has 0 spiro atoms. The topological polar surface area (TPSA) is 36.2 Å². The van der Waals surface area contributed by atoms with Crippen LogP contribution in [-0.4, -0.2) is 6.61 Å². The molecular weight excluding hydrogens is 178 g/mol. The molecule has 0 aromatic carbocycles. The van der Waals surface area contributed by atoms with Crippen LogP contribution in [0.5, 0.6) is 5.88 Å². The van der Waals surface area contributed by atoms with E-state index in [4.69, 9.17) is 4.74 Å². The maximum Gasteiger partial charge on any atom is 0.379 e. The van der Waals surface area contributed by atoms with E-state index in [1.807, 2.05) is 0 Å². The largest absolute Gasteiger partial charge is 0.616 e. The molecule has 1 aromatic rings. The minimum absolute atomic E-state index is 0.393. The number of hydrogen-bond acceptors (Lipinski definition) is 2. The molecule has 0 aliphatic rings. The van der Waals surface area contributed by atoms with Crippen LogP contribution in [0, 0.1) is 5.21 Å². The fraction of sp³-hybridized carbons (Fsp3) is 0.545. The zero-order chi connectivity index (χ0) is 10.2. The first-order valence-electron chi connectivity index (χ1n) is 5.15. The summed E-state index contributed by atoms with van der Waals surface area (Å²) in [5, 5.41) is 11.1. The molecule has 0 saturated heterocycles. The third kappa shape index (κ3) is 3.64. The van der Waals surface area contributed by atoms with Crippen molar-refractivity contribution in [3.63, 3.8) is 0 Å². The van der Waals surface area contributed by atoms with E-state index in [0.717, 1.165) is 11.2 Å².